The van der Waals surface area contributed by atoms with Gasteiger partial charge in [0.1, 0.15) is 36.1 Å². The first kappa shape index (κ1) is 17.3. The quantitative estimate of drug-likeness (QED) is 0.708. The van der Waals surface area contributed by atoms with Crippen molar-refractivity contribution in [2.24, 2.45) is 0 Å². The third kappa shape index (κ3) is 4.51. The second-order valence-corrected chi connectivity index (χ2v) is 5.89. The van der Waals surface area contributed by atoms with Crippen molar-refractivity contribution in [1.82, 2.24) is 9.97 Å². The summed E-state index contributed by atoms with van der Waals surface area (Å²) in [5.41, 5.74) is 0. The topological polar surface area (TPSA) is 79.7 Å². The predicted octanol–water partition coefficient (Wildman–Crippen LogP) is 1.94. The van der Waals surface area contributed by atoms with Crippen LogP contribution in [0.15, 0.2) is 36.7 Å². The van der Waals surface area contributed by atoms with Crippen LogP contribution < -0.4 is 19.7 Å². The van der Waals surface area contributed by atoms with Gasteiger partial charge in [-0.1, -0.05) is 6.07 Å². The fourth-order valence-corrected chi connectivity index (χ4v) is 2.97. The highest BCUT2D eigenvalue weighted by Crippen LogP contribution is 2.24. The molecule has 25 heavy (non-hydrogen) atoms. The largest absolute Gasteiger partial charge is 0.497 e. The number of methoxy groups -OCH3 is 1. The number of nitrogens with zero attached hydrogens (tertiary/aromatic N) is 3. The van der Waals surface area contributed by atoms with E-state index in [1.807, 2.05) is 30.3 Å². The van der Waals surface area contributed by atoms with E-state index in [4.69, 9.17) is 9.47 Å². The normalized spacial score (nSPS) is 16.7. The maximum atomic E-state index is 9.46. The summed E-state index contributed by atoms with van der Waals surface area (Å²) >= 11 is 0. The molecule has 3 rings (SSSR count). The van der Waals surface area contributed by atoms with Gasteiger partial charge >= 0.3 is 0 Å². The Morgan fingerprint density at radius 3 is 3.00 bits per heavy atom. The minimum atomic E-state index is 0.152. The van der Waals surface area contributed by atoms with Crippen molar-refractivity contribution >= 4 is 11.6 Å². The Hall–Kier alpha value is -2.54. The first-order chi connectivity index (χ1) is 12.3. The molecule has 1 aliphatic heterocycles. The Kier molecular flexibility index (Phi) is 5.90. The number of nitrogens with one attached hydrogen (secondary N) is 1. The minimum absolute atomic E-state index is 0.152. The van der Waals surface area contributed by atoms with Crippen LogP contribution in [0.5, 0.6) is 11.5 Å². The third-order valence-electron chi connectivity index (χ3n) is 4.25. The lowest BCUT2D eigenvalue weighted by Gasteiger charge is -2.24. The molecule has 2 heterocycles. The van der Waals surface area contributed by atoms with Crippen molar-refractivity contribution in [2.75, 3.05) is 43.6 Å². The second-order valence-electron chi connectivity index (χ2n) is 5.89. The summed E-state index contributed by atoms with van der Waals surface area (Å²) in [6.07, 6.45) is 3.62. The van der Waals surface area contributed by atoms with E-state index in [9.17, 15) is 5.11 Å². The molecule has 0 spiro atoms. The molecular weight excluding hydrogens is 320 g/mol. The van der Waals surface area contributed by atoms with Crippen LogP contribution in [-0.4, -0.2) is 54.5 Å². The number of hydrogen-bond acceptors (Lipinski definition) is 7. The van der Waals surface area contributed by atoms with E-state index in [-0.39, 0.29) is 12.6 Å². The molecule has 1 fully saturated rings. The standard InChI is InChI=1S/C18H24N4O3/c1-24-15-5-2-6-16(10-15)25-9-7-19-17-11-18(21-13-20-17)22-8-3-4-14(22)12-23/h2,5-6,10-11,13-14,23H,3-4,7-9,12H2,1H3,(H,19,20,21)/t14-/m0/s1. The van der Waals surface area contributed by atoms with Crippen LogP contribution in [0.4, 0.5) is 11.6 Å². The van der Waals surface area contributed by atoms with Gasteiger partial charge in [-0.25, -0.2) is 9.97 Å². The van der Waals surface area contributed by atoms with Crippen LogP contribution >= 0.6 is 0 Å². The predicted molar refractivity (Wildman–Crippen MR) is 96.5 cm³/mol. The lowest BCUT2D eigenvalue weighted by Crippen LogP contribution is -2.32. The molecule has 0 bridgehead atoms. The van der Waals surface area contributed by atoms with Gasteiger partial charge in [0, 0.05) is 18.7 Å². The SMILES string of the molecule is COc1cccc(OCCNc2cc(N3CCC[C@H]3CO)ncn2)c1. The van der Waals surface area contributed by atoms with E-state index in [1.165, 1.54) is 0 Å². The van der Waals surface area contributed by atoms with Crippen molar-refractivity contribution in [3.8, 4) is 11.5 Å². The zero-order chi connectivity index (χ0) is 17.5. The Bertz CT molecular complexity index is 683. The molecule has 134 valence electrons. The highest BCUT2D eigenvalue weighted by Gasteiger charge is 2.25. The van der Waals surface area contributed by atoms with E-state index in [0.29, 0.717) is 13.2 Å². The van der Waals surface area contributed by atoms with Crippen molar-refractivity contribution in [2.45, 2.75) is 18.9 Å². The van der Waals surface area contributed by atoms with Gasteiger partial charge in [-0.05, 0) is 25.0 Å². The monoisotopic (exact) mass is 344 g/mol. The molecule has 0 saturated carbocycles. The number of aliphatic hydroxyl groups is 1. The number of benzene rings is 1. The summed E-state index contributed by atoms with van der Waals surface area (Å²) in [7, 11) is 1.63. The van der Waals surface area contributed by atoms with Gasteiger partial charge in [0.15, 0.2) is 0 Å². The molecule has 1 aliphatic rings. The Balaban J connectivity index is 1.51. The van der Waals surface area contributed by atoms with Gasteiger partial charge in [-0.2, -0.15) is 0 Å². The van der Waals surface area contributed by atoms with E-state index in [2.05, 4.69) is 20.2 Å². The first-order valence-corrected chi connectivity index (χ1v) is 8.50. The van der Waals surface area contributed by atoms with Gasteiger partial charge in [0.05, 0.1) is 26.3 Å². The van der Waals surface area contributed by atoms with Crippen LogP contribution in [0.25, 0.3) is 0 Å². The van der Waals surface area contributed by atoms with Crippen LogP contribution in [-0.2, 0) is 0 Å². The number of hydrogen-bond donors (Lipinski definition) is 2. The maximum absolute atomic E-state index is 9.46. The fourth-order valence-electron chi connectivity index (χ4n) is 2.97. The molecule has 1 aromatic heterocycles. The van der Waals surface area contributed by atoms with E-state index in [0.717, 1.165) is 42.5 Å². The van der Waals surface area contributed by atoms with Gasteiger partial charge in [-0.15, -0.1) is 0 Å². The molecule has 0 radical (unpaired) electrons. The lowest BCUT2D eigenvalue weighted by atomic mass is 10.2. The number of anilines is 2. The Morgan fingerprint density at radius 2 is 2.16 bits per heavy atom. The summed E-state index contributed by atoms with van der Waals surface area (Å²) in [6, 6.07) is 9.59. The van der Waals surface area contributed by atoms with Crippen molar-refractivity contribution in [3.05, 3.63) is 36.7 Å². The highest BCUT2D eigenvalue weighted by molar-refractivity contribution is 5.49. The van der Waals surface area contributed by atoms with Gasteiger partial charge in [0.2, 0.25) is 0 Å². The summed E-state index contributed by atoms with van der Waals surface area (Å²) in [5, 5.41) is 12.7. The Morgan fingerprint density at radius 1 is 1.28 bits per heavy atom. The molecule has 7 heteroatoms. The molecule has 2 aromatic rings. The number of ether oxygens (including phenoxy) is 2. The zero-order valence-corrected chi connectivity index (χ0v) is 14.4. The van der Waals surface area contributed by atoms with Crippen molar-refractivity contribution < 1.29 is 14.6 Å². The summed E-state index contributed by atoms with van der Waals surface area (Å²) in [6.45, 7) is 2.20. The summed E-state index contributed by atoms with van der Waals surface area (Å²) in [5.74, 6) is 3.15. The molecule has 0 aliphatic carbocycles. The van der Waals surface area contributed by atoms with E-state index < -0.39 is 0 Å². The average Bonchev–Trinajstić information content (AvgIpc) is 3.14. The number of rotatable bonds is 8. The molecule has 0 unspecified atom stereocenters. The lowest BCUT2D eigenvalue weighted by molar-refractivity contribution is 0.266. The maximum Gasteiger partial charge on any atom is 0.134 e. The molecule has 7 nitrogen and oxygen atoms in total. The summed E-state index contributed by atoms with van der Waals surface area (Å²) < 4.78 is 10.9. The van der Waals surface area contributed by atoms with Crippen LogP contribution in [0.1, 0.15) is 12.8 Å². The first-order valence-electron chi connectivity index (χ1n) is 8.50. The smallest absolute Gasteiger partial charge is 0.134 e. The Labute approximate surface area is 147 Å². The summed E-state index contributed by atoms with van der Waals surface area (Å²) in [4.78, 5) is 10.7. The van der Waals surface area contributed by atoms with Crippen molar-refractivity contribution in [1.29, 1.82) is 0 Å². The molecule has 0 amide bonds. The number of aliphatic hydroxyl groups excluding tert-OH is 1. The minimum Gasteiger partial charge on any atom is -0.497 e. The second kappa shape index (κ2) is 8.53. The molecule has 2 N–H and O–H groups in total. The van der Waals surface area contributed by atoms with Crippen LogP contribution in [0.2, 0.25) is 0 Å². The third-order valence-corrected chi connectivity index (χ3v) is 4.25. The highest BCUT2D eigenvalue weighted by atomic mass is 16.5. The van der Waals surface area contributed by atoms with Crippen LogP contribution in [0, 0.1) is 0 Å². The van der Waals surface area contributed by atoms with Crippen LogP contribution in [0.3, 0.4) is 0 Å². The average molecular weight is 344 g/mol. The zero-order valence-electron chi connectivity index (χ0n) is 14.4. The fraction of sp³-hybridized carbons (Fsp3) is 0.444. The van der Waals surface area contributed by atoms with E-state index >= 15 is 0 Å². The van der Waals surface area contributed by atoms with Gasteiger partial charge in [-0.3, -0.25) is 0 Å². The molecule has 1 saturated heterocycles. The van der Waals surface area contributed by atoms with Crippen molar-refractivity contribution in [3.63, 3.8) is 0 Å². The van der Waals surface area contributed by atoms with Gasteiger partial charge in [0.25, 0.3) is 0 Å². The van der Waals surface area contributed by atoms with E-state index in [1.54, 1.807) is 13.4 Å². The molecular formula is C18H24N4O3. The number of aromatic nitrogens is 2. The molecule has 1 atom stereocenters. The molecule has 1 aromatic carbocycles. The van der Waals surface area contributed by atoms with Gasteiger partial charge < -0.3 is 24.8 Å².